The second-order valence-corrected chi connectivity index (χ2v) is 3.04. The van der Waals surface area contributed by atoms with E-state index in [9.17, 15) is 0 Å². The van der Waals surface area contributed by atoms with Crippen LogP contribution in [0.1, 0.15) is 0 Å². The molecule has 1 fully saturated rings. The average molecular weight is 128 g/mol. The fourth-order valence-electron chi connectivity index (χ4n) is 1.16. The van der Waals surface area contributed by atoms with Crippen LogP contribution >= 0.6 is 0 Å². The zero-order valence-corrected chi connectivity index (χ0v) is 6.19. The van der Waals surface area contributed by atoms with E-state index < -0.39 is 0 Å². The zero-order chi connectivity index (χ0) is 6.74. The summed E-state index contributed by atoms with van der Waals surface area (Å²) in [5.74, 6) is 0. The maximum absolute atomic E-state index is 3.93. The van der Waals surface area contributed by atoms with Crippen molar-refractivity contribution in [1.82, 2.24) is 5.32 Å². The number of likely N-dealkylation sites (N-methyl/N-ethyl adjacent to an activating group) is 1. The highest BCUT2D eigenvalue weighted by atomic mass is 15.4. The normalized spacial score (nSPS) is 26.0. The van der Waals surface area contributed by atoms with Crippen molar-refractivity contribution >= 4 is 0 Å². The molecule has 0 unspecified atom stereocenters. The van der Waals surface area contributed by atoms with Crippen LogP contribution in [0.2, 0.25) is 0 Å². The summed E-state index contributed by atoms with van der Waals surface area (Å²) in [5, 5.41) is 3.33. The summed E-state index contributed by atoms with van der Waals surface area (Å²) in [7, 11) is 2.27. The van der Waals surface area contributed by atoms with Crippen molar-refractivity contribution in [2.75, 3.05) is 39.8 Å². The van der Waals surface area contributed by atoms with Crippen molar-refractivity contribution in [1.29, 1.82) is 0 Å². The van der Waals surface area contributed by atoms with Gasteiger partial charge in [0.05, 0.1) is 26.7 Å². The van der Waals surface area contributed by atoms with Gasteiger partial charge in [0, 0.05) is 20.0 Å². The van der Waals surface area contributed by atoms with Crippen LogP contribution < -0.4 is 5.32 Å². The molecule has 0 saturated carbocycles. The minimum absolute atomic E-state index is 1.03. The van der Waals surface area contributed by atoms with Crippen molar-refractivity contribution in [2.45, 2.75) is 0 Å². The number of rotatable bonds is 1. The van der Waals surface area contributed by atoms with E-state index in [0.717, 1.165) is 24.1 Å². The largest absolute Gasteiger partial charge is 0.324 e. The summed E-state index contributed by atoms with van der Waals surface area (Å²) < 4.78 is 1.15. The maximum Gasteiger partial charge on any atom is 0.0911 e. The van der Waals surface area contributed by atoms with Gasteiger partial charge in [0.15, 0.2) is 0 Å². The molecule has 0 atom stereocenters. The first kappa shape index (κ1) is 7.03. The van der Waals surface area contributed by atoms with E-state index in [4.69, 9.17) is 0 Å². The number of piperazine rings is 1. The minimum atomic E-state index is 1.03. The van der Waals surface area contributed by atoms with Gasteiger partial charge >= 0.3 is 0 Å². The summed E-state index contributed by atoms with van der Waals surface area (Å²) in [6, 6.07) is 0. The average Bonchev–Trinajstić information content (AvgIpc) is 1.90. The third-order valence-corrected chi connectivity index (χ3v) is 2.20. The Hall–Kier alpha value is -0.0800. The molecule has 53 valence electrons. The number of hydrogen-bond acceptors (Lipinski definition) is 1. The summed E-state index contributed by atoms with van der Waals surface area (Å²) in [4.78, 5) is 0. The fraction of sp³-hybridized carbons (Fsp3) is 0.857. The van der Waals surface area contributed by atoms with Gasteiger partial charge in [0.25, 0.3) is 0 Å². The van der Waals surface area contributed by atoms with Crippen LogP contribution in [0.15, 0.2) is 0 Å². The SMILES string of the molecule is [CH2]C[N+]1(C)CCNCC1. The smallest absolute Gasteiger partial charge is 0.0911 e. The third kappa shape index (κ3) is 1.66. The molecule has 0 aromatic carbocycles. The molecule has 0 aliphatic carbocycles. The van der Waals surface area contributed by atoms with Crippen LogP contribution in [0, 0.1) is 6.92 Å². The molecule has 9 heavy (non-hydrogen) atoms. The van der Waals surface area contributed by atoms with Crippen LogP contribution in [-0.2, 0) is 0 Å². The van der Waals surface area contributed by atoms with Gasteiger partial charge in [-0.3, -0.25) is 0 Å². The molecule has 1 rings (SSSR count). The van der Waals surface area contributed by atoms with Gasteiger partial charge in [-0.05, 0) is 0 Å². The Morgan fingerprint density at radius 1 is 1.44 bits per heavy atom. The molecule has 0 aromatic heterocycles. The predicted molar refractivity (Wildman–Crippen MR) is 39.0 cm³/mol. The van der Waals surface area contributed by atoms with E-state index in [1.807, 2.05) is 0 Å². The third-order valence-electron chi connectivity index (χ3n) is 2.20. The number of nitrogens with zero attached hydrogens (tertiary/aromatic N) is 1. The lowest BCUT2D eigenvalue weighted by Crippen LogP contribution is -2.55. The van der Waals surface area contributed by atoms with Gasteiger partial charge in [0.1, 0.15) is 0 Å². The molecule has 2 heteroatoms. The van der Waals surface area contributed by atoms with E-state index in [-0.39, 0.29) is 0 Å². The first-order chi connectivity index (χ1) is 4.27. The molecule has 1 N–H and O–H groups in total. The summed E-state index contributed by atoms with van der Waals surface area (Å²) in [5.41, 5.74) is 0. The Balaban J connectivity index is 2.37. The summed E-state index contributed by atoms with van der Waals surface area (Å²) in [6.45, 7) is 9.75. The Bertz CT molecular complexity index is 84.9. The van der Waals surface area contributed by atoms with E-state index in [1.54, 1.807) is 0 Å². The lowest BCUT2D eigenvalue weighted by Gasteiger charge is -2.36. The Labute approximate surface area is 57.4 Å². The molecule has 0 bridgehead atoms. The van der Waals surface area contributed by atoms with Crippen LogP contribution in [-0.4, -0.2) is 44.3 Å². The van der Waals surface area contributed by atoms with Crippen molar-refractivity contribution in [3.8, 4) is 0 Å². The molecule has 1 heterocycles. The quantitative estimate of drug-likeness (QED) is 0.485. The first-order valence-electron chi connectivity index (χ1n) is 3.60. The molecule has 2 nitrogen and oxygen atoms in total. The molecule has 0 amide bonds. The molecular formula is C7H16N2+. The van der Waals surface area contributed by atoms with Gasteiger partial charge < -0.3 is 9.80 Å². The standard InChI is InChI=1S/C7H16N2/c1-3-9(2)6-4-8-5-7-9/h8H,1,3-7H2,2H3/q+1. The lowest BCUT2D eigenvalue weighted by atomic mass is 10.3. The molecule has 1 radical (unpaired) electrons. The molecule has 1 aliphatic rings. The molecule has 0 aromatic rings. The topological polar surface area (TPSA) is 12.0 Å². The monoisotopic (exact) mass is 128 g/mol. The van der Waals surface area contributed by atoms with E-state index in [1.165, 1.54) is 13.1 Å². The lowest BCUT2D eigenvalue weighted by molar-refractivity contribution is -0.906. The van der Waals surface area contributed by atoms with Gasteiger partial charge in [-0.15, -0.1) is 0 Å². The van der Waals surface area contributed by atoms with E-state index in [0.29, 0.717) is 0 Å². The summed E-state index contributed by atoms with van der Waals surface area (Å²) in [6.07, 6.45) is 0. The fourth-order valence-corrected chi connectivity index (χ4v) is 1.16. The first-order valence-corrected chi connectivity index (χ1v) is 3.60. The van der Waals surface area contributed by atoms with Crippen molar-refractivity contribution < 1.29 is 4.48 Å². The predicted octanol–water partition coefficient (Wildman–Crippen LogP) is -0.130. The van der Waals surface area contributed by atoms with Crippen molar-refractivity contribution in [3.63, 3.8) is 0 Å². The van der Waals surface area contributed by atoms with Gasteiger partial charge in [-0.25, -0.2) is 0 Å². The van der Waals surface area contributed by atoms with Gasteiger partial charge in [-0.2, -0.15) is 0 Å². The van der Waals surface area contributed by atoms with Crippen LogP contribution in [0.25, 0.3) is 0 Å². The number of quaternary nitrogens is 1. The second-order valence-electron chi connectivity index (χ2n) is 3.04. The Kier molecular flexibility index (Phi) is 2.09. The van der Waals surface area contributed by atoms with Crippen LogP contribution in [0.3, 0.4) is 0 Å². The molecule has 1 saturated heterocycles. The van der Waals surface area contributed by atoms with Gasteiger partial charge in [-0.1, -0.05) is 0 Å². The summed E-state index contributed by atoms with van der Waals surface area (Å²) >= 11 is 0. The minimum Gasteiger partial charge on any atom is -0.324 e. The Morgan fingerprint density at radius 3 is 2.33 bits per heavy atom. The van der Waals surface area contributed by atoms with Crippen molar-refractivity contribution in [3.05, 3.63) is 6.92 Å². The molecule has 1 aliphatic heterocycles. The second kappa shape index (κ2) is 2.67. The van der Waals surface area contributed by atoms with Crippen molar-refractivity contribution in [2.24, 2.45) is 0 Å². The number of nitrogens with one attached hydrogen (secondary N) is 1. The molecular weight excluding hydrogens is 112 g/mol. The molecule has 0 spiro atoms. The van der Waals surface area contributed by atoms with E-state index in [2.05, 4.69) is 19.3 Å². The van der Waals surface area contributed by atoms with Crippen LogP contribution in [0.5, 0.6) is 0 Å². The zero-order valence-electron chi connectivity index (χ0n) is 6.19. The maximum atomic E-state index is 3.93. The highest BCUT2D eigenvalue weighted by molar-refractivity contribution is 4.55. The Morgan fingerprint density at radius 2 is 2.00 bits per heavy atom. The van der Waals surface area contributed by atoms with Gasteiger partial charge in [0.2, 0.25) is 0 Å². The highest BCUT2D eigenvalue weighted by Gasteiger charge is 2.21. The highest BCUT2D eigenvalue weighted by Crippen LogP contribution is 2.01. The number of hydrogen-bond donors (Lipinski definition) is 1. The van der Waals surface area contributed by atoms with E-state index >= 15 is 0 Å². The van der Waals surface area contributed by atoms with Crippen LogP contribution in [0.4, 0.5) is 0 Å².